The fourth-order valence-corrected chi connectivity index (χ4v) is 3.46. The highest BCUT2D eigenvalue weighted by molar-refractivity contribution is 6.42. The van der Waals surface area contributed by atoms with Crippen LogP contribution >= 0.6 is 23.2 Å². The minimum atomic E-state index is -0.243. The zero-order chi connectivity index (χ0) is 21.7. The van der Waals surface area contributed by atoms with Gasteiger partial charge < -0.3 is 9.73 Å². The lowest BCUT2D eigenvalue weighted by molar-refractivity contribution is 0.0938. The van der Waals surface area contributed by atoms with Gasteiger partial charge in [0.15, 0.2) is 5.69 Å². The lowest BCUT2D eigenvalue weighted by Crippen LogP contribution is -2.30. The molecule has 0 saturated heterocycles. The van der Waals surface area contributed by atoms with Gasteiger partial charge in [0.2, 0.25) is 5.89 Å². The van der Waals surface area contributed by atoms with Crippen LogP contribution in [0.1, 0.15) is 54.3 Å². The molecule has 0 radical (unpaired) electrons. The van der Waals surface area contributed by atoms with Gasteiger partial charge in [-0.05, 0) is 44.0 Å². The third-order valence-electron chi connectivity index (χ3n) is 4.74. The fraction of sp³-hybridized carbons (Fsp3) is 0.304. The highest BCUT2D eigenvalue weighted by Crippen LogP contribution is 2.27. The highest BCUT2D eigenvalue weighted by atomic mass is 35.5. The maximum Gasteiger partial charge on any atom is 0.273 e. The number of hydrogen-bond donors (Lipinski definition) is 1. The summed E-state index contributed by atoms with van der Waals surface area (Å²) in [6, 6.07) is 15.9. The van der Waals surface area contributed by atoms with Gasteiger partial charge in [0.1, 0.15) is 6.26 Å². The van der Waals surface area contributed by atoms with E-state index >= 15 is 0 Å². The molecule has 0 spiro atoms. The molecule has 2 aromatic carbocycles. The predicted octanol–water partition coefficient (Wildman–Crippen LogP) is 5.88. The number of carbonyl (C=O) groups is 1. The van der Waals surface area contributed by atoms with Gasteiger partial charge in [0.25, 0.3) is 5.91 Å². The molecule has 5 nitrogen and oxygen atoms in total. The van der Waals surface area contributed by atoms with Crippen molar-refractivity contribution in [3.63, 3.8) is 0 Å². The molecule has 158 valence electrons. The molecule has 3 aromatic rings. The van der Waals surface area contributed by atoms with Crippen LogP contribution in [0.25, 0.3) is 0 Å². The molecule has 0 aliphatic rings. The van der Waals surface area contributed by atoms with Gasteiger partial charge in [-0.1, -0.05) is 59.6 Å². The number of carbonyl (C=O) groups excluding carboxylic acids is 1. The first-order chi connectivity index (χ1) is 14.3. The van der Waals surface area contributed by atoms with Gasteiger partial charge in [-0.2, -0.15) is 0 Å². The van der Waals surface area contributed by atoms with Crippen LogP contribution in [0, 0.1) is 0 Å². The van der Waals surface area contributed by atoms with Crippen molar-refractivity contribution in [1.82, 2.24) is 15.2 Å². The molecule has 1 amide bonds. The smallest absolute Gasteiger partial charge is 0.273 e. The number of nitrogens with one attached hydrogen (secondary N) is 1. The molecule has 0 saturated carbocycles. The summed E-state index contributed by atoms with van der Waals surface area (Å²) in [4.78, 5) is 18.8. The van der Waals surface area contributed by atoms with E-state index in [-0.39, 0.29) is 23.7 Å². The van der Waals surface area contributed by atoms with Crippen LogP contribution in [0.5, 0.6) is 0 Å². The van der Waals surface area contributed by atoms with Gasteiger partial charge in [-0.3, -0.25) is 9.69 Å². The number of rotatable bonds is 8. The van der Waals surface area contributed by atoms with Crippen molar-refractivity contribution < 1.29 is 9.21 Å². The van der Waals surface area contributed by atoms with E-state index in [0.717, 1.165) is 5.56 Å². The second-order valence-electron chi connectivity index (χ2n) is 7.49. The number of halogens is 2. The molecule has 1 atom stereocenters. The average Bonchev–Trinajstić information content (AvgIpc) is 3.19. The second kappa shape index (κ2) is 10.1. The summed E-state index contributed by atoms with van der Waals surface area (Å²) < 4.78 is 5.60. The molecule has 0 aliphatic heterocycles. The molecule has 1 aromatic heterocycles. The van der Waals surface area contributed by atoms with Crippen molar-refractivity contribution in [2.24, 2.45) is 0 Å². The van der Waals surface area contributed by atoms with E-state index in [9.17, 15) is 4.79 Å². The summed E-state index contributed by atoms with van der Waals surface area (Å²) >= 11 is 12.3. The Morgan fingerprint density at radius 1 is 1.07 bits per heavy atom. The first kappa shape index (κ1) is 22.3. The van der Waals surface area contributed by atoms with E-state index in [2.05, 4.69) is 34.3 Å². The minimum Gasteiger partial charge on any atom is -0.447 e. The summed E-state index contributed by atoms with van der Waals surface area (Å²) in [5, 5.41) is 3.87. The van der Waals surface area contributed by atoms with Crippen molar-refractivity contribution in [2.75, 3.05) is 0 Å². The minimum absolute atomic E-state index is 0.0295. The molecule has 0 unspecified atom stereocenters. The molecule has 0 bridgehead atoms. The fourth-order valence-electron chi connectivity index (χ4n) is 3.14. The van der Waals surface area contributed by atoms with Crippen molar-refractivity contribution in [2.45, 2.75) is 45.9 Å². The van der Waals surface area contributed by atoms with Gasteiger partial charge >= 0.3 is 0 Å². The van der Waals surface area contributed by atoms with Crippen molar-refractivity contribution in [1.29, 1.82) is 0 Å². The Bertz CT molecular complexity index is 989. The van der Waals surface area contributed by atoms with E-state index in [1.165, 1.54) is 11.8 Å². The molecule has 1 N–H and O–H groups in total. The van der Waals surface area contributed by atoms with Crippen LogP contribution in [-0.4, -0.2) is 21.8 Å². The molecule has 0 fully saturated rings. The molecule has 7 heteroatoms. The number of oxazole rings is 1. The van der Waals surface area contributed by atoms with E-state index in [1.807, 2.05) is 44.2 Å². The Morgan fingerprint density at radius 2 is 1.80 bits per heavy atom. The number of aromatic nitrogens is 1. The van der Waals surface area contributed by atoms with Gasteiger partial charge in [-0.25, -0.2) is 4.98 Å². The average molecular weight is 446 g/mol. The Hall–Kier alpha value is -2.34. The molecule has 3 rings (SSSR count). The standard InChI is InChI=1S/C23H25Cl2N3O2/c1-15(2)26-23(29)21-14-30-22(27-21)13-28(16(3)18-7-5-4-6-8-18)12-17-9-10-19(24)20(25)11-17/h4-11,14-16H,12-13H2,1-3H3,(H,26,29)/t16-/m0/s1. The van der Waals surface area contributed by atoms with Crippen molar-refractivity contribution in [3.05, 3.63) is 87.6 Å². The first-order valence-corrected chi connectivity index (χ1v) is 10.6. The third-order valence-corrected chi connectivity index (χ3v) is 5.48. The monoisotopic (exact) mass is 445 g/mol. The largest absolute Gasteiger partial charge is 0.447 e. The normalized spacial score (nSPS) is 12.4. The van der Waals surface area contributed by atoms with E-state index in [4.69, 9.17) is 27.6 Å². The maximum absolute atomic E-state index is 12.2. The quantitative estimate of drug-likeness (QED) is 0.469. The molecular weight excluding hydrogens is 421 g/mol. The molecule has 0 aliphatic carbocycles. The Kier molecular flexibility index (Phi) is 7.53. The summed E-state index contributed by atoms with van der Waals surface area (Å²) in [5.41, 5.74) is 2.47. The molecular formula is C23H25Cl2N3O2. The van der Waals surface area contributed by atoms with Crippen LogP contribution in [0.3, 0.4) is 0 Å². The Morgan fingerprint density at radius 3 is 2.47 bits per heavy atom. The number of amides is 1. The van der Waals surface area contributed by atoms with Crippen LogP contribution in [-0.2, 0) is 13.1 Å². The lowest BCUT2D eigenvalue weighted by atomic mass is 10.1. The number of hydrogen-bond acceptors (Lipinski definition) is 4. The van der Waals surface area contributed by atoms with Gasteiger partial charge in [0, 0.05) is 18.6 Å². The Labute approximate surface area is 187 Å². The summed E-state index contributed by atoms with van der Waals surface area (Å²) in [6.45, 7) is 6.98. The van der Waals surface area contributed by atoms with E-state index in [1.54, 1.807) is 6.07 Å². The number of benzene rings is 2. The number of nitrogens with zero attached hydrogens (tertiary/aromatic N) is 2. The second-order valence-corrected chi connectivity index (χ2v) is 8.31. The van der Waals surface area contributed by atoms with E-state index in [0.29, 0.717) is 29.0 Å². The molecule has 30 heavy (non-hydrogen) atoms. The maximum atomic E-state index is 12.2. The zero-order valence-electron chi connectivity index (χ0n) is 17.2. The van der Waals surface area contributed by atoms with Crippen LogP contribution in [0.2, 0.25) is 10.0 Å². The zero-order valence-corrected chi connectivity index (χ0v) is 18.7. The lowest BCUT2D eigenvalue weighted by Gasteiger charge is -2.28. The molecule has 1 heterocycles. The summed E-state index contributed by atoms with van der Waals surface area (Å²) in [6.07, 6.45) is 1.40. The van der Waals surface area contributed by atoms with Crippen LogP contribution in [0.15, 0.2) is 59.2 Å². The predicted molar refractivity (Wildman–Crippen MR) is 120 cm³/mol. The van der Waals surface area contributed by atoms with Crippen LogP contribution < -0.4 is 5.32 Å². The summed E-state index contributed by atoms with van der Waals surface area (Å²) in [7, 11) is 0. The third kappa shape index (κ3) is 5.85. The van der Waals surface area contributed by atoms with Gasteiger partial charge in [-0.15, -0.1) is 0 Å². The first-order valence-electron chi connectivity index (χ1n) is 9.81. The SMILES string of the molecule is CC(C)NC(=O)c1coc(CN(Cc2ccc(Cl)c(Cl)c2)[C@@H](C)c2ccccc2)n1. The van der Waals surface area contributed by atoms with Crippen molar-refractivity contribution in [3.8, 4) is 0 Å². The highest BCUT2D eigenvalue weighted by Gasteiger charge is 2.21. The van der Waals surface area contributed by atoms with E-state index < -0.39 is 0 Å². The topological polar surface area (TPSA) is 58.4 Å². The Balaban J connectivity index is 1.83. The summed E-state index contributed by atoms with van der Waals surface area (Å²) in [5.74, 6) is 0.235. The van der Waals surface area contributed by atoms with Gasteiger partial charge in [0.05, 0.1) is 16.6 Å². The van der Waals surface area contributed by atoms with Crippen molar-refractivity contribution >= 4 is 29.1 Å². The van der Waals surface area contributed by atoms with Crippen LogP contribution in [0.4, 0.5) is 0 Å².